The molecule has 1 rings (SSSR count). The number of hydrogen-bond acceptors (Lipinski definition) is 7. The molecule has 0 unspecified atom stereocenters. The van der Waals surface area contributed by atoms with E-state index in [9.17, 15) is 20.2 Å². The van der Waals surface area contributed by atoms with Gasteiger partial charge in [0.2, 0.25) is 0 Å². The molecular formula is C13H23Cl2N5O4. The fraction of sp³-hybridized carbons (Fsp3) is 0.538. The highest BCUT2D eigenvalue weighted by Crippen LogP contribution is 2.28. The van der Waals surface area contributed by atoms with Crippen LogP contribution in [0.2, 0.25) is 0 Å². The Hall–Kier alpha value is -1.68. The molecule has 1 aromatic carbocycles. The van der Waals surface area contributed by atoms with Crippen molar-refractivity contribution in [3.05, 3.63) is 38.4 Å². The zero-order chi connectivity index (χ0) is 16.5. The van der Waals surface area contributed by atoms with E-state index in [1.807, 2.05) is 7.05 Å². The minimum Gasteiger partial charge on any atom is -0.379 e. The summed E-state index contributed by atoms with van der Waals surface area (Å²) in [6.07, 6.45) is 1.73. The number of rotatable bonds is 10. The Morgan fingerprint density at radius 1 is 1.12 bits per heavy atom. The summed E-state index contributed by atoms with van der Waals surface area (Å²) < 4.78 is 0. The van der Waals surface area contributed by atoms with Gasteiger partial charge in [0.1, 0.15) is 5.69 Å². The summed E-state index contributed by atoms with van der Waals surface area (Å²) in [7, 11) is 1.99. The second-order valence-corrected chi connectivity index (χ2v) is 4.94. The lowest BCUT2D eigenvalue weighted by Crippen LogP contribution is -2.24. The van der Waals surface area contributed by atoms with Gasteiger partial charge in [0.15, 0.2) is 0 Å². The Morgan fingerprint density at radius 2 is 1.75 bits per heavy atom. The molecule has 24 heavy (non-hydrogen) atoms. The second-order valence-electron chi connectivity index (χ2n) is 4.94. The minimum atomic E-state index is -0.650. The molecule has 0 saturated carbocycles. The number of nitro benzene ring substituents is 2. The maximum Gasteiger partial charge on any atom is 0.299 e. The predicted octanol–water partition coefficient (Wildman–Crippen LogP) is 2.43. The van der Waals surface area contributed by atoms with Gasteiger partial charge < -0.3 is 16.0 Å². The molecule has 138 valence electrons. The van der Waals surface area contributed by atoms with Crippen LogP contribution in [0.4, 0.5) is 17.1 Å². The largest absolute Gasteiger partial charge is 0.379 e. The Kier molecular flexibility index (Phi) is 13.0. The van der Waals surface area contributed by atoms with Crippen molar-refractivity contribution in [1.82, 2.24) is 4.90 Å². The van der Waals surface area contributed by atoms with Crippen LogP contribution in [0.1, 0.15) is 12.8 Å². The lowest BCUT2D eigenvalue weighted by Gasteiger charge is -2.16. The van der Waals surface area contributed by atoms with Crippen LogP contribution < -0.4 is 11.1 Å². The molecule has 3 N–H and O–H groups in total. The van der Waals surface area contributed by atoms with Gasteiger partial charge in [-0.2, -0.15) is 0 Å². The van der Waals surface area contributed by atoms with Crippen LogP contribution in [0.15, 0.2) is 18.2 Å². The fourth-order valence-electron chi connectivity index (χ4n) is 1.98. The number of anilines is 1. The summed E-state index contributed by atoms with van der Waals surface area (Å²) in [6.45, 7) is 2.95. The lowest BCUT2D eigenvalue weighted by molar-refractivity contribution is -0.393. The van der Waals surface area contributed by atoms with Gasteiger partial charge in [0.05, 0.1) is 15.9 Å². The molecule has 0 amide bonds. The molecule has 0 atom stereocenters. The van der Waals surface area contributed by atoms with E-state index >= 15 is 0 Å². The average Bonchev–Trinajstić information content (AvgIpc) is 2.49. The number of nitrogens with zero attached hydrogens (tertiary/aromatic N) is 3. The molecular weight excluding hydrogens is 361 g/mol. The lowest BCUT2D eigenvalue weighted by atomic mass is 10.2. The molecule has 0 saturated heterocycles. The molecule has 0 fully saturated rings. The monoisotopic (exact) mass is 383 g/mol. The van der Waals surface area contributed by atoms with Gasteiger partial charge in [-0.05, 0) is 45.6 Å². The second kappa shape index (κ2) is 12.7. The number of nitrogens with one attached hydrogen (secondary N) is 1. The first-order chi connectivity index (χ1) is 10.5. The maximum absolute atomic E-state index is 11.0. The zero-order valence-electron chi connectivity index (χ0n) is 13.3. The van der Waals surface area contributed by atoms with Crippen molar-refractivity contribution in [3.63, 3.8) is 0 Å². The standard InChI is InChI=1S/C13H21N5O4.2ClH/c1-16(8-2-6-14)9-3-7-15-12-5-4-11(17(19)20)10-13(12)18(21)22;;/h4-5,10,15H,2-3,6-9,14H2,1H3;2*1H. The van der Waals surface area contributed by atoms with Crippen LogP contribution in [-0.2, 0) is 0 Å². The highest BCUT2D eigenvalue weighted by atomic mass is 35.5. The SMILES string of the molecule is CN(CCCN)CCCNc1ccc([N+](=O)[O-])cc1[N+](=O)[O-].Cl.Cl. The first kappa shape index (κ1) is 24.6. The van der Waals surface area contributed by atoms with Crippen molar-refractivity contribution in [2.45, 2.75) is 12.8 Å². The normalized spacial score (nSPS) is 9.79. The summed E-state index contributed by atoms with van der Waals surface area (Å²) in [6, 6.07) is 3.59. The molecule has 1 aromatic rings. The van der Waals surface area contributed by atoms with Crippen LogP contribution in [-0.4, -0.2) is 48.0 Å². The molecule has 0 spiro atoms. The number of halogens is 2. The summed E-state index contributed by atoms with van der Waals surface area (Å²) >= 11 is 0. The van der Waals surface area contributed by atoms with Gasteiger partial charge >= 0.3 is 0 Å². The summed E-state index contributed by atoms with van der Waals surface area (Å²) in [5.74, 6) is 0. The van der Waals surface area contributed by atoms with Crippen LogP contribution in [0.25, 0.3) is 0 Å². The Balaban J connectivity index is 0. The molecule has 0 heterocycles. The number of nitrogens with two attached hydrogens (primary N) is 1. The van der Waals surface area contributed by atoms with E-state index in [1.165, 1.54) is 12.1 Å². The third kappa shape index (κ3) is 8.25. The van der Waals surface area contributed by atoms with Crippen molar-refractivity contribution < 1.29 is 9.85 Å². The van der Waals surface area contributed by atoms with Gasteiger partial charge in [0.25, 0.3) is 11.4 Å². The molecule has 0 aliphatic rings. The van der Waals surface area contributed by atoms with E-state index in [1.54, 1.807) is 0 Å². The molecule has 0 aliphatic heterocycles. The number of benzene rings is 1. The van der Waals surface area contributed by atoms with E-state index < -0.39 is 9.85 Å². The topological polar surface area (TPSA) is 128 Å². The first-order valence-corrected chi connectivity index (χ1v) is 7.01. The zero-order valence-corrected chi connectivity index (χ0v) is 15.0. The predicted molar refractivity (Wildman–Crippen MR) is 98.5 cm³/mol. The average molecular weight is 384 g/mol. The highest BCUT2D eigenvalue weighted by Gasteiger charge is 2.18. The van der Waals surface area contributed by atoms with Gasteiger partial charge in [-0.15, -0.1) is 24.8 Å². The molecule has 0 aliphatic carbocycles. The van der Waals surface area contributed by atoms with Crippen molar-refractivity contribution in [3.8, 4) is 0 Å². The van der Waals surface area contributed by atoms with Crippen molar-refractivity contribution in [2.24, 2.45) is 5.73 Å². The van der Waals surface area contributed by atoms with E-state index in [2.05, 4.69) is 10.2 Å². The van der Waals surface area contributed by atoms with E-state index in [-0.39, 0.29) is 36.2 Å². The van der Waals surface area contributed by atoms with E-state index in [0.29, 0.717) is 18.8 Å². The third-order valence-corrected chi connectivity index (χ3v) is 3.16. The Labute approximate surface area is 152 Å². The van der Waals surface area contributed by atoms with Gasteiger partial charge in [0, 0.05) is 12.6 Å². The molecule has 0 aromatic heterocycles. The van der Waals surface area contributed by atoms with Crippen LogP contribution in [0, 0.1) is 20.2 Å². The van der Waals surface area contributed by atoms with E-state index in [0.717, 1.165) is 32.0 Å². The van der Waals surface area contributed by atoms with Crippen molar-refractivity contribution in [1.29, 1.82) is 0 Å². The molecule has 9 nitrogen and oxygen atoms in total. The number of hydrogen-bond donors (Lipinski definition) is 2. The first-order valence-electron chi connectivity index (χ1n) is 7.01. The third-order valence-electron chi connectivity index (χ3n) is 3.16. The molecule has 0 bridgehead atoms. The van der Waals surface area contributed by atoms with Gasteiger partial charge in [-0.3, -0.25) is 20.2 Å². The van der Waals surface area contributed by atoms with Crippen molar-refractivity contribution in [2.75, 3.05) is 38.5 Å². The quantitative estimate of drug-likeness (QED) is 0.360. The van der Waals surface area contributed by atoms with Crippen LogP contribution in [0.5, 0.6) is 0 Å². The highest BCUT2D eigenvalue weighted by molar-refractivity contribution is 5.85. The number of non-ortho nitro benzene ring substituents is 1. The fourth-order valence-corrected chi connectivity index (χ4v) is 1.98. The summed E-state index contributed by atoms with van der Waals surface area (Å²) in [5, 5.41) is 24.6. The maximum atomic E-state index is 11.0. The Morgan fingerprint density at radius 3 is 2.29 bits per heavy atom. The van der Waals surface area contributed by atoms with Crippen LogP contribution in [0.3, 0.4) is 0 Å². The Bertz CT molecular complexity index is 533. The van der Waals surface area contributed by atoms with Gasteiger partial charge in [-0.1, -0.05) is 0 Å². The summed E-state index contributed by atoms with van der Waals surface area (Å²) in [5.41, 5.74) is 5.15. The smallest absolute Gasteiger partial charge is 0.299 e. The summed E-state index contributed by atoms with van der Waals surface area (Å²) in [4.78, 5) is 22.5. The van der Waals surface area contributed by atoms with Crippen LogP contribution >= 0.6 is 24.8 Å². The molecule has 0 radical (unpaired) electrons. The molecule has 11 heteroatoms. The van der Waals surface area contributed by atoms with E-state index in [4.69, 9.17) is 5.73 Å². The minimum absolute atomic E-state index is 0. The van der Waals surface area contributed by atoms with Gasteiger partial charge in [-0.25, -0.2) is 0 Å². The van der Waals surface area contributed by atoms with Crippen molar-refractivity contribution >= 4 is 41.9 Å². The number of nitro groups is 2.